The molecular weight excluding hydrogens is 128 g/mol. The average molecular weight is 146 g/mol. The van der Waals surface area contributed by atoms with Gasteiger partial charge in [-0.2, -0.15) is 0 Å². The number of hydrogen-bond donors (Lipinski definition) is 2. The minimum atomic E-state index is -0.936. The molecule has 2 atom stereocenters. The molecule has 0 aliphatic carbocycles. The van der Waals surface area contributed by atoms with Crippen LogP contribution in [0.5, 0.6) is 0 Å². The molecule has 2 heteroatoms. The summed E-state index contributed by atoms with van der Waals surface area (Å²) < 4.78 is 0. The van der Waals surface area contributed by atoms with Crippen molar-refractivity contribution in [2.75, 3.05) is 0 Å². The van der Waals surface area contributed by atoms with Crippen molar-refractivity contribution < 1.29 is 10.2 Å². The zero-order valence-electron chi connectivity index (χ0n) is 7.26. The van der Waals surface area contributed by atoms with Crippen LogP contribution in [0.4, 0.5) is 0 Å². The van der Waals surface area contributed by atoms with Gasteiger partial charge < -0.3 is 10.2 Å². The van der Waals surface area contributed by atoms with Crippen LogP contribution in [0.15, 0.2) is 0 Å². The van der Waals surface area contributed by atoms with Crippen molar-refractivity contribution in [1.29, 1.82) is 0 Å². The summed E-state index contributed by atoms with van der Waals surface area (Å²) in [6, 6.07) is 0. The maximum Gasteiger partial charge on any atom is 0.0900 e. The highest BCUT2D eigenvalue weighted by Gasteiger charge is 2.31. The third kappa shape index (κ3) is 1.96. The summed E-state index contributed by atoms with van der Waals surface area (Å²) in [6.07, 6.45) is -0.00181. The summed E-state index contributed by atoms with van der Waals surface area (Å²) in [5, 5.41) is 18.9. The average Bonchev–Trinajstić information content (AvgIpc) is 1.86. The first kappa shape index (κ1) is 9.92. The van der Waals surface area contributed by atoms with Gasteiger partial charge >= 0.3 is 0 Å². The Labute approximate surface area is 62.9 Å². The number of aliphatic hydroxyl groups excluding tert-OH is 1. The lowest BCUT2D eigenvalue weighted by atomic mass is 9.86. The molecule has 0 aromatic carbocycles. The van der Waals surface area contributed by atoms with E-state index in [4.69, 9.17) is 0 Å². The zero-order valence-corrected chi connectivity index (χ0v) is 7.26. The first-order valence-corrected chi connectivity index (χ1v) is 3.83. The fraction of sp³-hybridized carbons (Fsp3) is 1.00. The van der Waals surface area contributed by atoms with Crippen molar-refractivity contribution in [3.05, 3.63) is 0 Å². The van der Waals surface area contributed by atoms with E-state index in [0.717, 1.165) is 0 Å². The second-order valence-electron chi connectivity index (χ2n) is 3.30. The molecule has 62 valence electrons. The van der Waals surface area contributed by atoms with Crippen molar-refractivity contribution in [2.45, 2.75) is 45.8 Å². The fourth-order valence-electron chi connectivity index (χ4n) is 0.798. The Morgan fingerprint density at radius 2 is 1.80 bits per heavy atom. The van der Waals surface area contributed by atoms with E-state index < -0.39 is 11.7 Å². The molecule has 0 unspecified atom stereocenters. The lowest BCUT2D eigenvalue weighted by Crippen LogP contribution is -2.43. The molecular formula is C8H18O2. The molecule has 0 rings (SSSR count). The van der Waals surface area contributed by atoms with Gasteiger partial charge in [-0.05, 0) is 19.3 Å². The summed E-state index contributed by atoms with van der Waals surface area (Å²) >= 11 is 0. The minimum Gasteiger partial charge on any atom is -0.390 e. The first-order chi connectivity index (χ1) is 4.42. The van der Waals surface area contributed by atoms with Crippen LogP contribution < -0.4 is 0 Å². The van der Waals surface area contributed by atoms with Gasteiger partial charge in [0.25, 0.3) is 0 Å². The Kier molecular flexibility index (Phi) is 3.33. The lowest BCUT2D eigenvalue weighted by Gasteiger charge is -2.32. The van der Waals surface area contributed by atoms with E-state index in [2.05, 4.69) is 0 Å². The number of hydrogen-bond acceptors (Lipinski definition) is 2. The van der Waals surface area contributed by atoms with Gasteiger partial charge in [0.2, 0.25) is 0 Å². The van der Waals surface area contributed by atoms with Crippen LogP contribution in [0, 0.1) is 5.92 Å². The highest BCUT2D eigenvalue weighted by Crippen LogP contribution is 2.21. The standard InChI is InChI=1S/C8H18O2/c1-5-7(9)8(4,10)6(2)3/h6-7,9-10H,5H2,1-4H3/t7-,8+/m0/s1. The van der Waals surface area contributed by atoms with E-state index in [9.17, 15) is 10.2 Å². The van der Waals surface area contributed by atoms with Crippen molar-refractivity contribution in [2.24, 2.45) is 5.92 Å². The smallest absolute Gasteiger partial charge is 0.0900 e. The van der Waals surface area contributed by atoms with E-state index in [1.807, 2.05) is 20.8 Å². The molecule has 0 fully saturated rings. The van der Waals surface area contributed by atoms with Gasteiger partial charge in [-0.1, -0.05) is 20.8 Å². The second kappa shape index (κ2) is 3.35. The van der Waals surface area contributed by atoms with E-state index >= 15 is 0 Å². The topological polar surface area (TPSA) is 40.5 Å². The third-order valence-corrected chi connectivity index (χ3v) is 2.23. The minimum absolute atomic E-state index is 0.0995. The van der Waals surface area contributed by atoms with Gasteiger partial charge in [0.05, 0.1) is 11.7 Å². The largest absolute Gasteiger partial charge is 0.390 e. The number of aliphatic hydroxyl groups is 2. The van der Waals surface area contributed by atoms with Crippen LogP contribution >= 0.6 is 0 Å². The maximum absolute atomic E-state index is 9.61. The van der Waals surface area contributed by atoms with Crippen LogP contribution in [0.25, 0.3) is 0 Å². The predicted molar refractivity (Wildman–Crippen MR) is 41.8 cm³/mol. The molecule has 10 heavy (non-hydrogen) atoms. The summed E-state index contributed by atoms with van der Waals surface area (Å²) in [6.45, 7) is 7.34. The lowest BCUT2D eigenvalue weighted by molar-refractivity contribution is -0.0926. The Morgan fingerprint density at radius 1 is 1.40 bits per heavy atom. The molecule has 0 bridgehead atoms. The molecule has 0 saturated heterocycles. The Hall–Kier alpha value is -0.0800. The van der Waals surface area contributed by atoms with Crippen LogP contribution in [-0.2, 0) is 0 Å². The van der Waals surface area contributed by atoms with Crippen molar-refractivity contribution in [3.8, 4) is 0 Å². The Morgan fingerprint density at radius 3 is 1.90 bits per heavy atom. The molecule has 2 nitrogen and oxygen atoms in total. The molecule has 0 aliphatic heterocycles. The van der Waals surface area contributed by atoms with Gasteiger partial charge in [0, 0.05) is 0 Å². The van der Waals surface area contributed by atoms with Crippen molar-refractivity contribution in [3.63, 3.8) is 0 Å². The molecule has 0 heterocycles. The molecule has 0 amide bonds. The Balaban J connectivity index is 4.09. The van der Waals surface area contributed by atoms with Gasteiger partial charge in [0.1, 0.15) is 0 Å². The summed E-state index contributed by atoms with van der Waals surface area (Å²) in [5.74, 6) is 0.0995. The van der Waals surface area contributed by atoms with Gasteiger partial charge in [-0.15, -0.1) is 0 Å². The zero-order chi connectivity index (χ0) is 8.36. The van der Waals surface area contributed by atoms with Crippen LogP contribution in [-0.4, -0.2) is 21.9 Å². The van der Waals surface area contributed by atoms with Crippen LogP contribution in [0.1, 0.15) is 34.1 Å². The van der Waals surface area contributed by atoms with Gasteiger partial charge in [-0.3, -0.25) is 0 Å². The van der Waals surface area contributed by atoms with Crippen molar-refractivity contribution >= 4 is 0 Å². The summed E-state index contributed by atoms with van der Waals surface area (Å²) in [4.78, 5) is 0. The first-order valence-electron chi connectivity index (χ1n) is 3.83. The van der Waals surface area contributed by atoms with E-state index in [1.165, 1.54) is 0 Å². The monoisotopic (exact) mass is 146 g/mol. The van der Waals surface area contributed by atoms with E-state index in [-0.39, 0.29) is 5.92 Å². The van der Waals surface area contributed by atoms with E-state index in [0.29, 0.717) is 6.42 Å². The molecule has 0 aromatic rings. The molecule has 0 aliphatic rings. The highest BCUT2D eigenvalue weighted by atomic mass is 16.3. The molecule has 2 N–H and O–H groups in total. The predicted octanol–water partition coefficient (Wildman–Crippen LogP) is 1.16. The van der Waals surface area contributed by atoms with Crippen molar-refractivity contribution in [1.82, 2.24) is 0 Å². The normalized spacial score (nSPS) is 20.7. The molecule has 0 saturated carbocycles. The van der Waals surface area contributed by atoms with Gasteiger partial charge in [0.15, 0.2) is 0 Å². The molecule has 0 radical (unpaired) electrons. The second-order valence-corrected chi connectivity index (χ2v) is 3.30. The SMILES string of the molecule is CC[C@H](O)[C@](C)(O)C(C)C. The number of rotatable bonds is 3. The summed E-state index contributed by atoms with van der Waals surface area (Å²) in [7, 11) is 0. The van der Waals surface area contributed by atoms with Crippen LogP contribution in [0.2, 0.25) is 0 Å². The summed E-state index contributed by atoms with van der Waals surface area (Å²) in [5.41, 5.74) is -0.936. The van der Waals surface area contributed by atoms with Gasteiger partial charge in [-0.25, -0.2) is 0 Å². The van der Waals surface area contributed by atoms with E-state index in [1.54, 1.807) is 6.92 Å². The van der Waals surface area contributed by atoms with Crippen LogP contribution in [0.3, 0.4) is 0 Å². The maximum atomic E-state index is 9.61. The highest BCUT2D eigenvalue weighted by molar-refractivity contribution is 4.83. The molecule has 0 aromatic heterocycles. The third-order valence-electron chi connectivity index (χ3n) is 2.23. The quantitative estimate of drug-likeness (QED) is 0.627. The Bertz CT molecular complexity index is 97.4. The molecule has 0 spiro atoms. The fourth-order valence-corrected chi connectivity index (χ4v) is 0.798.